The minimum absolute atomic E-state index is 0.105. The van der Waals surface area contributed by atoms with Crippen LogP contribution in [0.25, 0.3) is 0 Å². The van der Waals surface area contributed by atoms with E-state index in [1.807, 2.05) is 43.3 Å². The van der Waals surface area contributed by atoms with Crippen LogP contribution in [0.3, 0.4) is 0 Å². The lowest BCUT2D eigenvalue weighted by Crippen LogP contribution is -2.39. The molecule has 0 amide bonds. The second-order valence-corrected chi connectivity index (χ2v) is 5.27. The van der Waals surface area contributed by atoms with Gasteiger partial charge in [-0.25, -0.2) is 0 Å². The molecule has 110 valence electrons. The summed E-state index contributed by atoms with van der Waals surface area (Å²) in [5, 5.41) is 6.86. The lowest BCUT2D eigenvalue weighted by molar-refractivity contribution is 0.287. The van der Waals surface area contributed by atoms with Gasteiger partial charge in [-0.05, 0) is 50.3 Å². The van der Waals surface area contributed by atoms with Crippen molar-refractivity contribution < 1.29 is 4.74 Å². The maximum absolute atomic E-state index is 5.71. The van der Waals surface area contributed by atoms with Gasteiger partial charge in [0.1, 0.15) is 12.4 Å². The molecule has 0 radical (unpaired) electrons. The van der Waals surface area contributed by atoms with E-state index in [-0.39, 0.29) is 6.04 Å². The first kappa shape index (κ1) is 15.3. The van der Waals surface area contributed by atoms with Crippen LogP contribution in [0.15, 0.2) is 48.8 Å². The molecule has 0 aliphatic heterocycles. The van der Waals surface area contributed by atoms with Gasteiger partial charge in [-0.1, -0.05) is 17.7 Å². The Morgan fingerprint density at radius 1 is 1.19 bits per heavy atom. The highest BCUT2D eigenvalue weighted by Gasteiger charge is 2.05. The van der Waals surface area contributed by atoms with Gasteiger partial charge in [-0.3, -0.25) is 4.98 Å². The van der Waals surface area contributed by atoms with Crippen LogP contribution in [0.4, 0.5) is 5.69 Å². The summed E-state index contributed by atoms with van der Waals surface area (Å²) in [6, 6.07) is 11.8. The molecular weight excluding hydrogens is 282 g/mol. The highest BCUT2D eigenvalue weighted by atomic mass is 32.1. The third kappa shape index (κ3) is 5.39. The fraction of sp³-hybridized carbons (Fsp3) is 0.250. The highest BCUT2D eigenvalue weighted by molar-refractivity contribution is 7.80. The molecule has 1 atom stereocenters. The standard InChI is InChI=1S/C16H19N3OS/c1-12-3-5-15(6-4-12)20-11-13(2)18-16(21)19-14-7-9-17-10-8-14/h3-10,13H,11H2,1-2H3,(H2,17,18,19,21). The van der Waals surface area contributed by atoms with Crippen LogP contribution in [0.1, 0.15) is 12.5 Å². The number of rotatable bonds is 5. The Kier molecular flexibility index (Phi) is 5.51. The quantitative estimate of drug-likeness (QED) is 0.831. The number of thiocarbonyl (C=S) groups is 1. The molecule has 1 aromatic carbocycles. The fourth-order valence-corrected chi connectivity index (χ4v) is 2.04. The molecule has 1 heterocycles. The molecule has 2 N–H and O–H groups in total. The maximum atomic E-state index is 5.71. The summed E-state index contributed by atoms with van der Waals surface area (Å²) in [5.41, 5.74) is 2.13. The van der Waals surface area contributed by atoms with Crippen molar-refractivity contribution in [1.29, 1.82) is 0 Å². The van der Waals surface area contributed by atoms with Gasteiger partial charge in [0, 0.05) is 18.1 Å². The number of nitrogens with one attached hydrogen (secondary N) is 2. The summed E-state index contributed by atoms with van der Waals surface area (Å²) < 4.78 is 5.71. The SMILES string of the molecule is Cc1ccc(OCC(C)NC(=S)Nc2ccncc2)cc1. The Balaban J connectivity index is 1.75. The molecule has 0 saturated carbocycles. The molecule has 2 rings (SSSR count). The van der Waals surface area contributed by atoms with Crippen LogP contribution in [0.5, 0.6) is 5.75 Å². The van der Waals surface area contributed by atoms with Crippen molar-refractivity contribution in [3.05, 3.63) is 54.4 Å². The van der Waals surface area contributed by atoms with Crippen molar-refractivity contribution in [3.63, 3.8) is 0 Å². The van der Waals surface area contributed by atoms with Crippen LogP contribution in [-0.4, -0.2) is 22.7 Å². The monoisotopic (exact) mass is 301 g/mol. The zero-order valence-electron chi connectivity index (χ0n) is 12.2. The van der Waals surface area contributed by atoms with Crippen molar-refractivity contribution in [2.24, 2.45) is 0 Å². The first-order chi connectivity index (χ1) is 10.1. The molecule has 0 aliphatic rings. The Morgan fingerprint density at radius 2 is 1.86 bits per heavy atom. The fourth-order valence-electron chi connectivity index (χ4n) is 1.72. The van der Waals surface area contributed by atoms with Gasteiger partial charge in [-0.15, -0.1) is 0 Å². The van der Waals surface area contributed by atoms with Gasteiger partial charge >= 0.3 is 0 Å². The number of aryl methyl sites for hydroxylation is 1. The summed E-state index contributed by atoms with van der Waals surface area (Å²) in [4.78, 5) is 3.96. The second kappa shape index (κ2) is 7.59. The van der Waals surface area contributed by atoms with E-state index in [2.05, 4.69) is 22.5 Å². The molecular formula is C16H19N3OS. The predicted molar refractivity (Wildman–Crippen MR) is 89.7 cm³/mol. The van der Waals surface area contributed by atoms with E-state index in [4.69, 9.17) is 17.0 Å². The smallest absolute Gasteiger partial charge is 0.171 e. The van der Waals surface area contributed by atoms with E-state index in [1.54, 1.807) is 12.4 Å². The molecule has 0 saturated heterocycles. The van der Waals surface area contributed by atoms with E-state index in [9.17, 15) is 0 Å². The Labute approximate surface area is 130 Å². The van der Waals surface area contributed by atoms with Crippen LogP contribution in [-0.2, 0) is 0 Å². The third-order valence-electron chi connectivity index (χ3n) is 2.84. The first-order valence-electron chi connectivity index (χ1n) is 6.80. The van der Waals surface area contributed by atoms with Crippen LogP contribution in [0.2, 0.25) is 0 Å². The van der Waals surface area contributed by atoms with Crippen LogP contribution < -0.4 is 15.4 Å². The predicted octanol–water partition coefficient (Wildman–Crippen LogP) is 3.14. The van der Waals surface area contributed by atoms with Crippen molar-refractivity contribution >= 4 is 23.0 Å². The molecule has 0 aliphatic carbocycles. The maximum Gasteiger partial charge on any atom is 0.171 e. The van der Waals surface area contributed by atoms with E-state index in [1.165, 1.54) is 5.56 Å². The number of benzene rings is 1. The number of hydrogen-bond donors (Lipinski definition) is 2. The number of nitrogens with zero attached hydrogens (tertiary/aromatic N) is 1. The molecule has 1 unspecified atom stereocenters. The van der Waals surface area contributed by atoms with E-state index >= 15 is 0 Å². The Morgan fingerprint density at radius 3 is 2.52 bits per heavy atom. The Bertz CT molecular complexity index is 572. The van der Waals surface area contributed by atoms with Gasteiger partial charge in [0.25, 0.3) is 0 Å². The number of anilines is 1. The van der Waals surface area contributed by atoms with Gasteiger partial charge < -0.3 is 15.4 Å². The lowest BCUT2D eigenvalue weighted by atomic mass is 10.2. The van der Waals surface area contributed by atoms with Crippen molar-refractivity contribution in [3.8, 4) is 5.75 Å². The normalized spacial score (nSPS) is 11.5. The van der Waals surface area contributed by atoms with Crippen molar-refractivity contribution in [2.75, 3.05) is 11.9 Å². The minimum atomic E-state index is 0.105. The minimum Gasteiger partial charge on any atom is -0.491 e. The Hall–Kier alpha value is -2.14. The zero-order chi connectivity index (χ0) is 15.1. The molecule has 0 spiro atoms. The molecule has 1 aromatic heterocycles. The second-order valence-electron chi connectivity index (χ2n) is 4.86. The number of pyridine rings is 1. The average molecular weight is 301 g/mol. The van der Waals surface area contributed by atoms with E-state index in [0.717, 1.165) is 11.4 Å². The van der Waals surface area contributed by atoms with Crippen molar-refractivity contribution in [1.82, 2.24) is 10.3 Å². The highest BCUT2D eigenvalue weighted by Crippen LogP contribution is 2.11. The molecule has 0 fully saturated rings. The largest absolute Gasteiger partial charge is 0.491 e. The average Bonchev–Trinajstić information content (AvgIpc) is 2.47. The topological polar surface area (TPSA) is 46.2 Å². The van der Waals surface area contributed by atoms with Crippen molar-refractivity contribution in [2.45, 2.75) is 19.9 Å². The number of ether oxygens (including phenoxy) is 1. The molecule has 5 heteroatoms. The summed E-state index contributed by atoms with van der Waals surface area (Å²) in [5.74, 6) is 0.863. The van der Waals surface area contributed by atoms with Crippen LogP contribution in [0, 0.1) is 6.92 Å². The number of hydrogen-bond acceptors (Lipinski definition) is 3. The third-order valence-corrected chi connectivity index (χ3v) is 3.06. The summed E-state index contributed by atoms with van der Waals surface area (Å²) in [6.07, 6.45) is 3.43. The van der Waals surface area contributed by atoms with Gasteiger partial charge in [0.2, 0.25) is 0 Å². The van der Waals surface area contributed by atoms with Gasteiger partial charge in [0.05, 0.1) is 6.04 Å². The molecule has 0 bridgehead atoms. The summed E-state index contributed by atoms with van der Waals surface area (Å²) in [6.45, 7) is 4.62. The lowest BCUT2D eigenvalue weighted by Gasteiger charge is -2.17. The summed E-state index contributed by atoms with van der Waals surface area (Å²) in [7, 11) is 0. The van der Waals surface area contributed by atoms with E-state index in [0.29, 0.717) is 11.7 Å². The first-order valence-corrected chi connectivity index (χ1v) is 7.21. The van der Waals surface area contributed by atoms with E-state index < -0.39 is 0 Å². The molecule has 4 nitrogen and oxygen atoms in total. The zero-order valence-corrected chi connectivity index (χ0v) is 13.0. The van der Waals surface area contributed by atoms with Gasteiger partial charge in [0.15, 0.2) is 5.11 Å². The van der Waals surface area contributed by atoms with Gasteiger partial charge in [-0.2, -0.15) is 0 Å². The summed E-state index contributed by atoms with van der Waals surface area (Å²) >= 11 is 5.26. The molecule has 2 aromatic rings. The van der Waals surface area contributed by atoms with Crippen LogP contribution >= 0.6 is 12.2 Å². The number of aromatic nitrogens is 1. The molecule has 21 heavy (non-hydrogen) atoms.